The number of hydrogen-bond donors (Lipinski definition) is 0. The normalized spacial score (nSPS) is 24.0. The molecule has 22 heavy (non-hydrogen) atoms. The number of aldehydes is 1. The van der Waals surface area contributed by atoms with Crippen molar-refractivity contribution < 1.29 is 13.2 Å². The average Bonchev–Trinajstić information content (AvgIpc) is 3.24. The summed E-state index contributed by atoms with van der Waals surface area (Å²) < 4.78 is 26.3. The summed E-state index contributed by atoms with van der Waals surface area (Å²) in [5, 5.41) is -0.224. The third-order valence-electron chi connectivity index (χ3n) is 3.92. The fourth-order valence-corrected chi connectivity index (χ4v) is 5.25. The van der Waals surface area contributed by atoms with Crippen LogP contribution < -0.4 is 0 Å². The number of carbonyl (C=O) groups excluding carboxylic acids is 1. The Morgan fingerprint density at radius 3 is 2.14 bits per heavy atom. The third-order valence-corrected chi connectivity index (χ3v) is 6.95. The summed E-state index contributed by atoms with van der Waals surface area (Å²) >= 11 is 9.14. The quantitative estimate of drug-likeness (QED) is 0.734. The molecule has 0 unspecified atom stereocenters. The van der Waals surface area contributed by atoms with Crippen molar-refractivity contribution in [3.63, 3.8) is 0 Å². The van der Waals surface area contributed by atoms with Crippen LogP contribution in [0.5, 0.6) is 0 Å². The maximum Gasteiger partial charge on any atom is 0.182 e. The van der Waals surface area contributed by atoms with Crippen LogP contribution in [0, 0.1) is 5.92 Å². The zero-order valence-electron chi connectivity index (χ0n) is 11.3. The molecule has 0 bridgehead atoms. The molecule has 0 heterocycles. The molecule has 114 valence electrons. The number of sulfone groups is 1. The van der Waals surface area contributed by atoms with Crippen LogP contribution in [0.3, 0.4) is 0 Å². The van der Waals surface area contributed by atoms with Crippen LogP contribution in [0.2, 0.25) is 5.02 Å². The Morgan fingerprint density at radius 2 is 1.59 bits per heavy atom. The lowest BCUT2D eigenvalue weighted by Gasteiger charge is -2.04. The zero-order chi connectivity index (χ0) is 15.9. The minimum Gasteiger partial charge on any atom is -0.303 e. The van der Waals surface area contributed by atoms with Gasteiger partial charge in [-0.1, -0.05) is 39.7 Å². The van der Waals surface area contributed by atoms with Crippen molar-refractivity contribution in [3.05, 3.63) is 63.6 Å². The van der Waals surface area contributed by atoms with E-state index in [1.54, 1.807) is 12.1 Å². The fourth-order valence-electron chi connectivity index (χ4n) is 2.75. The van der Waals surface area contributed by atoms with Gasteiger partial charge in [0.05, 0.1) is 10.1 Å². The number of carbonyl (C=O) groups is 1. The molecule has 0 radical (unpaired) electrons. The van der Waals surface area contributed by atoms with E-state index in [2.05, 4.69) is 15.9 Å². The Labute approximate surface area is 142 Å². The van der Waals surface area contributed by atoms with Gasteiger partial charge in [0.15, 0.2) is 9.84 Å². The molecule has 3 rings (SSSR count). The molecule has 3 nitrogen and oxygen atoms in total. The highest BCUT2D eigenvalue weighted by molar-refractivity contribution is 9.10. The summed E-state index contributed by atoms with van der Waals surface area (Å²) in [6.45, 7) is 0. The van der Waals surface area contributed by atoms with Crippen LogP contribution in [0.4, 0.5) is 0 Å². The minimum atomic E-state index is -3.55. The van der Waals surface area contributed by atoms with Crippen LogP contribution >= 0.6 is 27.5 Å². The summed E-state index contributed by atoms with van der Waals surface area (Å²) in [4.78, 5) is 11.5. The number of benzene rings is 2. The van der Waals surface area contributed by atoms with Gasteiger partial charge in [-0.25, -0.2) is 8.42 Å². The predicted octanol–water partition coefficient (Wildman–Crippen LogP) is 3.86. The second-order valence-electron chi connectivity index (χ2n) is 5.25. The largest absolute Gasteiger partial charge is 0.303 e. The molecule has 1 aliphatic rings. The van der Waals surface area contributed by atoms with Gasteiger partial charge < -0.3 is 4.79 Å². The van der Waals surface area contributed by atoms with Crippen molar-refractivity contribution >= 4 is 43.7 Å². The molecular weight excluding hydrogens is 388 g/mol. The molecule has 2 aromatic carbocycles. The second kappa shape index (κ2) is 5.80. The molecule has 3 atom stereocenters. The van der Waals surface area contributed by atoms with Gasteiger partial charge in [-0.3, -0.25) is 0 Å². The summed E-state index contributed by atoms with van der Waals surface area (Å²) in [5.41, 5.74) is 0.864. The monoisotopic (exact) mass is 398 g/mol. The molecule has 1 aliphatic carbocycles. The molecule has 0 saturated heterocycles. The molecule has 0 N–H and O–H groups in total. The van der Waals surface area contributed by atoms with Crippen molar-refractivity contribution in [1.29, 1.82) is 0 Å². The zero-order valence-corrected chi connectivity index (χ0v) is 14.5. The van der Waals surface area contributed by atoms with Gasteiger partial charge in [0.25, 0.3) is 0 Å². The third kappa shape index (κ3) is 2.73. The lowest BCUT2D eigenvalue weighted by molar-refractivity contribution is -0.108. The Kier molecular flexibility index (Phi) is 4.14. The van der Waals surface area contributed by atoms with E-state index in [4.69, 9.17) is 11.6 Å². The Hall–Kier alpha value is -1.17. The minimum absolute atomic E-state index is 0.202. The van der Waals surface area contributed by atoms with E-state index in [9.17, 15) is 13.2 Å². The number of halogens is 2. The fraction of sp³-hybridized carbons (Fsp3) is 0.188. The molecule has 2 aromatic rings. The van der Waals surface area contributed by atoms with Crippen LogP contribution in [0.25, 0.3) is 0 Å². The molecular formula is C16H12BrClO3S. The van der Waals surface area contributed by atoms with Crippen molar-refractivity contribution in [2.24, 2.45) is 5.92 Å². The van der Waals surface area contributed by atoms with E-state index in [-0.39, 0.29) is 10.8 Å². The van der Waals surface area contributed by atoms with E-state index in [1.807, 2.05) is 24.3 Å². The lowest BCUT2D eigenvalue weighted by Crippen LogP contribution is -2.11. The molecule has 1 fully saturated rings. The number of rotatable bonds is 4. The van der Waals surface area contributed by atoms with Gasteiger partial charge in [0.1, 0.15) is 6.29 Å². The van der Waals surface area contributed by atoms with E-state index >= 15 is 0 Å². The van der Waals surface area contributed by atoms with Crippen LogP contribution in [-0.4, -0.2) is 20.0 Å². The first-order chi connectivity index (χ1) is 10.4. The van der Waals surface area contributed by atoms with Gasteiger partial charge in [0.2, 0.25) is 0 Å². The highest BCUT2D eigenvalue weighted by atomic mass is 79.9. The van der Waals surface area contributed by atoms with Crippen molar-refractivity contribution in [1.82, 2.24) is 0 Å². The average molecular weight is 400 g/mol. The van der Waals surface area contributed by atoms with E-state index in [0.29, 0.717) is 5.02 Å². The Bertz CT molecular complexity index is 800. The van der Waals surface area contributed by atoms with Gasteiger partial charge in [0, 0.05) is 21.3 Å². The highest BCUT2D eigenvalue weighted by Gasteiger charge is 2.58. The SMILES string of the molecule is O=C[C@@H]1[C@H](c2ccc(Br)cc2)[C@@H]1S(=O)(=O)c1ccc(Cl)cc1. The Balaban J connectivity index is 1.95. The van der Waals surface area contributed by atoms with Gasteiger partial charge in [-0.2, -0.15) is 0 Å². The lowest BCUT2D eigenvalue weighted by atomic mass is 10.1. The van der Waals surface area contributed by atoms with Crippen molar-refractivity contribution in [3.8, 4) is 0 Å². The van der Waals surface area contributed by atoms with E-state index in [1.165, 1.54) is 12.1 Å². The van der Waals surface area contributed by atoms with Gasteiger partial charge >= 0.3 is 0 Å². The summed E-state index contributed by atoms with van der Waals surface area (Å²) in [7, 11) is -3.55. The summed E-state index contributed by atoms with van der Waals surface area (Å²) in [6.07, 6.45) is 0.741. The van der Waals surface area contributed by atoms with E-state index in [0.717, 1.165) is 16.3 Å². The maximum absolute atomic E-state index is 12.7. The van der Waals surface area contributed by atoms with Gasteiger partial charge in [-0.15, -0.1) is 0 Å². The molecule has 0 aromatic heterocycles. The summed E-state index contributed by atoms with van der Waals surface area (Å²) in [6, 6.07) is 13.4. The standard InChI is InChI=1S/C16H12BrClO3S/c17-11-3-1-10(2-4-11)15-14(9-19)16(15)22(20,21)13-7-5-12(18)6-8-13/h1-9,14-16H/t14-,15+,16-/m1/s1. The molecule has 6 heteroatoms. The topological polar surface area (TPSA) is 51.2 Å². The smallest absolute Gasteiger partial charge is 0.182 e. The first-order valence-corrected chi connectivity index (χ1v) is 9.37. The maximum atomic E-state index is 12.7. The molecule has 0 spiro atoms. The van der Waals surface area contributed by atoms with Crippen LogP contribution in [-0.2, 0) is 14.6 Å². The van der Waals surface area contributed by atoms with Gasteiger partial charge in [-0.05, 0) is 42.0 Å². The molecule has 0 amide bonds. The second-order valence-corrected chi connectivity index (χ2v) is 8.71. The van der Waals surface area contributed by atoms with E-state index < -0.39 is 21.0 Å². The Morgan fingerprint density at radius 1 is 1.00 bits per heavy atom. The predicted molar refractivity (Wildman–Crippen MR) is 88.9 cm³/mol. The van der Waals surface area contributed by atoms with Crippen molar-refractivity contribution in [2.45, 2.75) is 16.1 Å². The molecule has 1 saturated carbocycles. The number of hydrogen-bond acceptors (Lipinski definition) is 3. The highest BCUT2D eigenvalue weighted by Crippen LogP contribution is 2.52. The molecule has 0 aliphatic heterocycles. The van der Waals surface area contributed by atoms with Crippen LogP contribution in [0.15, 0.2) is 57.9 Å². The first kappa shape index (κ1) is 15.7. The van der Waals surface area contributed by atoms with Crippen LogP contribution in [0.1, 0.15) is 11.5 Å². The first-order valence-electron chi connectivity index (χ1n) is 6.65. The summed E-state index contributed by atoms with van der Waals surface area (Å²) in [5.74, 6) is -0.784. The van der Waals surface area contributed by atoms with Crippen molar-refractivity contribution in [2.75, 3.05) is 0 Å².